The molecule has 0 aliphatic carbocycles. The van der Waals surface area contributed by atoms with Gasteiger partial charge in [-0.2, -0.15) is 0 Å². The summed E-state index contributed by atoms with van der Waals surface area (Å²) in [6.45, 7) is 20.5. The first kappa shape index (κ1) is 32.0. The minimum atomic E-state index is 0.0148. The van der Waals surface area contributed by atoms with Crippen molar-refractivity contribution in [2.45, 2.75) is 79.6 Å². The van der Waals surface area contributed by atoms with Crippen molar-refractivity contribution in [2.75, 3.05) is 0 Å². The molecule has 5 aromatic carbocycles. The molecule has 0 saturated carbocycles. The Morgan fingerprint density at radius 3 is 2.00 bits per heavy atom. The molecule has 0 aliphatic rings. The third-order valence-corrected chi connectivity index (χ3v) is 10.4. The number of fused-ring (bicyclic) bond motifs is 6. The summed E-state index contributed by atoms with van der Waals surface area (Å²) in [6, 6.07) is 35.0. The van der Waals surface area contributed by atoms with Gasteiger partial charge in [0.05, 0.1) is 28.0 Å². The summed E-state index contributed by atoms with van der Waals surface area (Å²) < 4.78 is 9.26. The zero-order chi connectivity index (χ0) is 35.1. The number of para-hydroxylation sites is 1. The number of hydrogen-bond acceptors (Lipinski definition) is 3. The van der Waals surface area contributed by atoms with Crippen LogP contribution in [-0.2, 0) is 5.41 Å². The number of nitrogens with zero attached hydrogens (tertiary/aromatic N) is 3. The summed E-state index contributed by atoms with van der Waals surface area (Å²) in [4.78, 5) is 10.6. The van der Waals surface area contributed by atoms with Gasteiger partial charge in [-0.1, -0.05) is 121 Å². The molecule has 3 aromatic heterocycles. The van der Waals surface area contributed by atoms with E-state index in [0.29, 0.717) is 17.5 Å². The van der Waals surface area contributed by atoms with E-state index in [-0.39, 0.29) is 5.41 Å². The van der Waals surface area contributed by atoms with E-state index in [1.807, 2.05) is 0 Å². The maximum absolute atomic E-state index is 6.81. The number of hydrogen-bond donors (Lipinski definition) is 0. The Kier molecular flexibility index (Phi) is 7.49. The van der Waals surface area contributed by atoms with Crippen LogP contribution in [0, 0.1) is 13.8 Å². The molecule has 0 radical (unpaired) electrons. The number of aryl methyl sites for hydroxylation is 2. The van der Waals surface area contributed by atoms with Crippen LogP contribution in [0.1, 0.15) is 88.1 Å². The van der Waals surface area contributed by atoms with E-state index in [1.54, 1.807) is 0 Å². The first-order valence-corrected chi connectivity index (χ1v) is 17.9. The lowest BCUT2D eigenvalue weighted by molar-refractivity contribution is 0.586. The molecule has 0 fully saturated rings. The lowest BCUT2D eigenvalue weighted by atomic mass is 9.81. The van der Waals surface area contributed by atoms with E-state index < -0.39 is 0 Å². The highest BCUT2D eigenvalue weighted by molar-refractivity contribution is 6.11. The van der Waals surface area contributed by atoms with Gasteiger partial charge in [-0.3, -0.25) is 4.57 Å². The van der Waals surface area contributed by atoms with E-state index in [9.17, 15) is 0 Å². The number of aromatic nitrogens is 3. The zero-order valence-electron chi connectivity index (χ0n) is 30.6. The molecule has 0 amide bonds. The molecule has 0 N–H and O–H groups in total. The molecule has 50 heavy (non-hydrogen) atoms. The molecule has 0 saturated heterocycles. The molecule has 3 heterocycles. The van der Waals surface area contributed by atoms with Crippen LogP contribution < -0.4 is 0 Å². The lowest BCUT2D eigenvalue weighted by Gasteiger charge is -2.28. The first-order valence-electron chi connectivity index (χ1n) is 17.9. The molecular formula is C46H45N3O. The topological polar surface area (TPSA) is 43.9 Å². The normalized spacial score (nSPS) is 12.5. The van der Waals surface area contributed by atoms with E-state index in [2.05, 4.69) is 164 Å². The SMILES string of the molecule is Cc1cccc(C)c1-c1ccc2c(n1)oc1c(-c3nc4ccc5ccccc5c4n3-c3c(C(C)C)cc(C(C)(C)C)cc3C(C)C)cccc12. The molecule has 8 rings (SSSR count). The summed E-state index contributed by atoms with van der Waals surface area (Å²) in [5.41, 5.74) is 14.2. The predicted molar refractivity (Wildman–Crippen MR) is 211 cm³/mol. The maximum atomic E-state index is 6.81. The fraction of sp³-hybridized carbons (Fsp3) is 0.261. The maximum Gasteiger partial charge on any atom is 0.227 e. The van der Waals surface area contributed by atoms with E-state index in [4.69, 9.17) is 14.4 Å². The first-order chi connectivity index (χ1) is 23.9. The number of pyridine rings is 1. The highest BCUT2D eigenvalue weighted by Gasteiger charge is 2.28. The standard InChI is InChI=1S/C46H45N3O/c1-26(2)36-24-31(46(7,8)9)25-37(27(3)4)41(36)49-42-32-17-11-10-16-30(32)20-22-39(42)47-44(49)35-19-13-18-33-34-21-23-38(48-45(34)50-43(33)35)40-28(5)14-12-15-29(40)6/h10-27H,1-9H3. The number of furan rings is 1. The lowest BCUT2D eigenvalue weighted by Crippen LogP contribution is -2.16. The summed E-state index contributed by atoms with van der Waals surface area (Å²) >= 11 is 0. The van der Waals surface area contributed by atoms with Gasteiger partial charge in [-0.25, -0.2) is 9.97 Å². The third-order valence-electron chi connectivity index (χ3n) is 10.4. The fourth-order valence-electron chi connectivity index (χ4n) is 7.70. The Morgan fingerprint density at radius 1 is 0.660 bits per heavy atom. The summed E-state index contributed by atoms with van der Waals surface area (Å²) in [7, 11) is 0. The second kappa shape index (κ2) is 11.7. The van der Waals surface area contributed by atoms with Crippen LogP contribution in [0.5, 0.6) is 0 Å². The summed E-state index contributed by atoms with van der Waals surface area (Å²) in [5.74, 6) is 1.46. The van der Waals surface area contributed by atoms with Crippen LogP contribution in [0.15, 0.2) is 101 Å². The van der Waals surface area contributed by atoms with Crippen LogP contribution >= 0.6 is 0 Å². The van der Waals surface area contributed by atoms with Crippen LogP contribution in [0.3, 0.4) is 0 Å². The van der Waals surface area contributed by atoms with Gasteiger partial charge in [0.1, 0.15) is 11.4 Å². The molecule has 0 atom stereocenters. The highest BCUT2D eigenvalue weighted by atomic mass is 16.3. The number of benzene rings is 5. The zero-order valence-corrected chi connectivity index (χ0v) is 30.6. The monoisotopic (exact) mass is 655 g/mol. The van der Waals surface area contributed by atoms with Crippen LogP contribution in [0.2, 0.25) is 0 Å². The van der Waals surface area contributed by atoms with Crippen LogP contribution in [0.4, 0.5) is 0 Å². The van der Waals surface area contributed by atoms with Crippen molar-refractivity contribution in [2.24, 2.45) is 0 Å². The summed E-state index contributed by atoms with van der Waals surface area (Å²) in [5, 5.41) is 4.43. The van der Waals surface area contributed by atoms with Crippen molar-refractivity contribution in [3.8, 4) is 28.3 Å². The second-order valence-electron chi connectivity index (χ2n) is 15.6. The Morgan fingerprint density at radius 2 is 1.32 bits per heavy atom. The molecule has 0 spiro atoms. The highest BCUT2D eigenvalue weighted by Crippen LogP contribution is 2.44. The van der Waals surface area contributed by atoms with Crippen molar-refractivity contribution in [3.05, 3.63) is 125 Å². The van der Waals surface area contributed by atoms with Crippen molar-refractivity contribution in [1.29, 1.82) is 0 Å². The Balaban J connectivity index is 1.49. The smallest absolute Gasteiger partial charge is 0.227 e. The minimum absolute atomic E-state index is 0.0148. The molecule has 8 aromatic rings. The molecule has 0 unspecified atom stereocenters. The second-order valence-corrected chi connectivity index (χ2v) is 15.6. The number of imidazole rings is 1. The third kappa shape index (κ3) is 5.04. The van der Waals surface area contributed by atoms with Crippen molar-refractivity contribution < 1.29 is 4.42 Å². The average Bonchev–Trinajstić information content (AvgIpc) is 3.65. The minimum Gasteiger partial charge on any atom is -0.437 e. The molecular weight excluding hydrogens is 611 g/mol. The number of rotatable bonds is 5. The van der Waals surface area contributed by atoms with Crippen molar-refractivity contribution >= 4 is 43.9 Å². The van der Waals surface area contributed by atoms with E-state index in [1.165, 1.54) is 44.3 Å². The van der Waals surface area contributed by atoms with Gasteiger partial charge in [0.25, 0.3) is 0 Å². The Hall–Kier alpha value is -5.22. The van der Waals surface area contributed by atoms with Gasteiger partial charge in [-0.15, -0.1) is 0 Å². The van der Waals surface area contributed by atoms with Gasteiger partial charge >= 0.3 is 0 Å². The largest absolute Gasteiger partial charge is 0.437 e. The van der Waals surface area contributed by atoms with Gasteiger partial charge in [0, 0.05) is 21.7 Å². The van der Waals surface area contributed by atoms with Gasteiger partial charge in [-0.05, 0) is 88.6 Å². The molecule has 0 aliphatic heterocycles. The Bertz CT molecular complexity index is 2560. The summed E-state index contributed by atoms with van der Waals surface area (Å²) in [6.07, 6.45) is 0. The van der Waals surface area contributed by atoms with E-state index in [0.717, 1.165) is 50.0 Å². The van der Waals surface area contributed by atoms with Crippen molar-refractivity contribution in [1.82, 2.24) is 14.5 Å². The van der Waals surface area contributed by atoms with E-state index >= 15 is 0 Å². The van der Waals surface area contributed by atoms with Gasteiger partial charge < -0.3 is 4.42 Å². The average molecular weight is 656 g/mol. The van der Waals surface area contributed by atoms with Crippen LogP contribution in [0.25, 0.3) is 72.2 Å². The van der Waals surface area contributed by atoms with Gasteiger partial charge in [0.15, 0.2) is 0 Å². The fourth-order valence-corrected chi connectivity index (χ4v) is 7.70. The molecule has 0 bridgehead atoms. The van der Waals surface area contributed by atoms with Crippen molar-refractivity contribution in [3.63, 3.8) is 0 Å². The predicted octanol–water partition coefficient (Wildman–Crippen LogP) is 13.0. The molecule has 250 valence electrons. The molecule has 4 heteroatoms. The Labute approximate surface area is 294 Å². The van der Waals surface area contributed by atoms with Crippen LogP contribution in [-0.4, -0.2) is 14.5 Å². The van der Waals surface area contributed by atoms with Gasteiger partial charge in [0.2, 0.25) is 5.71 Å². The quantitative estimate of drug-likeness (QED) is 0.185. The molecule has 4 nitrogen and oxygen atoms in total.